The van der Waals surface area contributed by atoms with Gasteiger partial charge in [0, 0.05) is 5.02 Å². The third-order valence-corrected chi connectivity index (χ3v) is 5.21. The highest BCUT2D eigenvalue weighted by atomic mass is 35.5. The minimum Gasteiger partial charge on any atom is -0.497 e. The summed E-state index contributed by atoms with van der Waals surface area (Å²) in [6.07, 6.45) is 0. The number of nitrogens with zero attached hydrogens (tertiary/aromatic N) is 4. The van der Waals surface area contributed by atoms with E-state index in [1.54, 1.807) is 55.6 Å². The molecule has 0 atom stereocenters. The van der Waals surface area contributed by atoms with Crippen molar-refractivity contribution in [1.29, 1.82) is 0 Å². The molecule has 124 valence electrons. The Morgan fingerprint density at radius 1 is 1.12 bits per heavy atom. The number of methoxy groups -OCH3 is 1. The number of halogens is 1. The van der Waals surface area contributed by atoms with Crippen molar-refractivity contribution in [2.75, 3.05) is 7.11 Å². The summed E-state index contributed by atoms with van der Waals surface area (Å²) in [5, 5.41) is 11.1. The van der Waals surface area contributed by atoms with E-state index in [1.165, 1.54) is 4.68 Å². The van der Waals surface area contributed by atoms with E-state index in [0.717, 1.165) is 0 Å². The quantitative estimate of drug-likeness (QED) is 0.690. The zero-order chi connectivity index (χ0) is 17.2. The molecule has 0 N–H and O–H groups in total. The van der Waals surface area contributed by atoms with Gasteiger partial charge in [0.05, 0.1) is 18.6 Å². The lowest BCUT2D eigenvalue weighted by Gasteiger charge is -2.07. The van der Waals surface area contributed by atoms with E-state index < -0.39 is 9.84 Å². The average Bonchev–Trinajstić information content (AvgIpc) is 3.08. The van der Waals surface area contributed by atoms with Crippen LogP contribution in [0.1, 0.15) is 5.56 Å². The molecule has 9 heteroatoms. The SMILES string of the molecule is COc1ccc(-n2nnnc2S(=O)(=O)Cc2ccccc2Cl)cc1. The predicted octanol–water partition coefficient (Wildman–Crippen LogP) is 2.30. The zero-order valence-electron chi connectivity index (χ0n) is 12.6. The first kappa shape index (κ1) is 16.4. The topological polar surface area (TPSA) is 87.0 Å². The van der Waals surface area contributed by atoms with Crippen molar-refractivity contribution < 1.29 is 13.2 Å². The van der Waals surface area contributed by atoms with E-state index in [-0.39, 0.29) is 10.9 Å². The molecule has 24 heavy (non-hydrogen) atoms. The maximum Gasteiger partial charge on any atom is 0.272 e. The fourth-order valence-corrected chi connectivity index (χ4v) is 3.78. The molecule has 0 spiro atoms. The van der Waals surface area contributed by atoms with Gasteiger partial charge in [-0.2, -0.15) is 4.68 Å². The summed E-state index contributed by atoms with van der Waals surface area (Å²) in [4.78, 5) is 0. The second-order valence-electron chi connectivity index (χ2n) is 4.92. The molecule has 0 aliphatic rings. The molecule has 3 aromatic rings. The highest BCUT2D eigenvalue weighted by Gasteiger charge is 2.25. The van der Waals surface area contributed by atoms with Crippen molar-refractivity contribution in [3.8, 4) is 11.4 Å². The predicted molar refractivity (Wildman–Crippen MR) is 88.0 cm³/mol. The van der Waals surface area contributed by atoms with Gasteiger partial charge in [-0.15, -0.1) is 0 Å². The summed E-state index contributed by atoms with van der Waals surface area (Å²) >= 11 is 6.05. The van der Waals surface area contributed by atoms with Crippen molar-refractivity contribution in [3.05, 3.63) is 59.1 Å². The van der Waals surface area contributed by atoms with Crippen LogP contribution in [0.3, 0.4) is 0 Å². The summed E-state index contributed by atoms with van der Waals surface area (Å²) < 4.78 is 31.6. The molecular weight excluding hydrogens is 352 g/mol. The van der Waals surface area contributed by atoms with Gasteiger partial charge < -0.3 is 4.74 Å². The molecule has 0 saturated heterocycles. The van der Waals surface area contributed by atoms with Crippen LogP contribution in [0, 0.1) is 0 Å². The second-order valence-corrected chi connectivity index (χ2v) is 7.21. The Hall–Kier alpha value is -2.45. The van der Waals surface area contributed by atoms with Crippen LogP contribution in [0.2, 0.25) is 5.02 Å². The van der Waals surface area contributed by atoms with Gasteiger partial charge in [0.15, 0.2) is 0 Å². The fourth-order valence-electron chi connectivity index (χ4n) is 2.14. The number of tetrazole rings is 1. The summed E-state index contributed by atoms with van der Waals surface area (Å²) in [7, 11) is -2.23. The summed E-state index contributed by atoms with van der Waals surface area (Å²) in [5.74, 6) is 0.357. The molecule has 0 radical (unpaired) electrons. The molecular formula is C15H13ClN4O3S. The van der Waals surface area contributed by atoms with Crippen LogP contribution in [0.25, 0.3) is 5.69 Å². The van der Waals surface area contributed by atoms with Crippen LogP contribution >= 0.6 is 11.6 Å². The second kappa shape index (κ2) is 6.58. The van der Waals surface area contributed by atoms with E-state index >= 15 is 0 Å². The van der Waals surface area contributed by atoms with Crippen molar-refractivity contribution in [2.24, 2.45) is 0 Å². The fraction of sp³-hybridized carbons (Fsp3) is 0.133. The third kappa shape index (κ3) is 3.24. The molecule has 0 bridgehead atoms. The lowest BCUT2D eigenvalue weighted by Crippen LogP contribution is -2.13. The van der Waals surface area contributed by atoms with Crippen molar-refractivity contribution in [1.82, 2.24) is 20.2 Å². The van der Waals surface area contributed by atoms with Crippen molar-refractivity contribution in [3.63, 3.8) is 0 Å². The molecule has 0 saturated carbocycles. The summed E-state index contributed by atoms with van der Waals surface area (Å²) in [6, 6.07) is 13.5. The Morgan fingerprint density at radius 3 is 2.50 bits per heavy atom. The smallest absolute Gasteiger partial charge is 0.272 e. The zero-order valence-corrected chi connectivity index (χ0v) is 14.2. The van der Waals surface area contributed by atoms with Gasteiger partial charge in [-0.1, -0.05) is 34.9 Å². The van der Waals surface area contributed by atoms with Gasteiger partial charge in [0.2, 0.25) is 9.84 Å². The number of sulfone groups is 1. The van der Waals surface area contributed by atoms with Gasteiger partial charge in [0.25, 0.3) is 5.16 Å². The number of hydrogen-bond acceptors (Lipinski definition) is 6. The molecule has 0 amide bonds. The molecule has 1 heterocycles. The number of hydrogen-bond donors (Lipinski definition) is 0. The van der Waals surface area contributed by atoms with E-state index in [1.807, 2.05) is 0 Å². The molecule has 3 rings (SSSR count). The normalized spacial score (nSPS) is 11.4. The van der Waals surface area contributed by atoms with Crippen LogP contribution in [-0.4, -0.2) is 35.7 Å². The van der Waals surface area contributed by atoms with Crippen molar-refractivity contribution >= 4 is 21.4 Å². The Kier molecular flexibility index (Phi) is 4.50. The minimum absolute atomic E-state index is 0.243. The summed E-state index contributed by atoms with van der Waals surface area (Å²) in [5.41, 5.74) is 1.00. The van der Waals surface area contributed by atoms with Gasteiger partial charge in [-0.25, -0.2) is 8.42 Å². The van der Waals surface area contributed by atoms with Crippen LogP contribution in [0.15, 0.2) is 53.7 Å². The molecule has 0 aliphatic carbocycles. The van der Waals surface area contributed by atoms with Crippen LogP contribution in [0.5, 0.6) is 5.75 Å². The minimum atomic E-state index is -3.78. The van der Waals surface area contributed by atoms with Crippen molar-refractivity contribution in [2.45, 2.75) is 10.9 Å². The molecule has 0 aliphatic heterocycles. The monoisotopic (exact) mass is 364 g/mol. The van der Waals surface area contributed by atoms with Gasteiger partial charge in [-0.3, -0.25) is 0 Å². The number of benzene rings is 2. The average molecular weight is 365 g/mol. The van der Waals surface area contributed by atoms with Crippen LogP contribution in [-0.2, 0) is 15.6 Å². The highest BCUT2D eigenvalue weighted by Crippen LogP contribution is 2.22. The lowest BCUT2D eigenvalue weighted by molar-refractivity contribution is 0.414. The van der Waals surface area contributed by atoms with Crippen LogP contribution in [0.4, 0.5) is 0 Å². The Morgan fingerprint density at radius 2 is 1.83 bits per heavy atom. The first-order chi connectivity index (χ1) is 11.5. The Balaban J connectivity index is 1.98. The molecule has 2 aromatic carbocycles. The molecule has 1 aromatic heterocycles. The lowest BCUT2D eigenvalue weighted by atomic mass is 10.2. The highest BCUT2D eigenvalue weighted by molar-refractivity contribution is 7.90. The molecule has 0 unspecified atom stereocenters. The first-order valence-corrected chi connectivity index (χ1v) is 8.93. The maximum absolute atomic E-state index is 12.7. The summed E-state index contributed by atoms with van der Waals surface area (Å²) in [6.45, 7) is 0. The van der Waals surface area contributed by atoms with E-state index in [4.69, 9.17) is 16.3 Å². The van der Waals surface area contributed by atoms with Gasteiger partial charge >= 0.3 is 0 Å². The van der Waals surface area contributed by atoms with E-state index in [0.29, 0.717) is 22.0 Å². The standard InChI is InChI=1S/C15H13ClN4O3S/c1-23-13-8-6-12(7-9-13)20-15(17-18-19-20)24(21,22)10-11-4-2-3-5-14(11)16/h2-9H,10H2,1H3. The maximum atomic E-state index is 12.7. The van der Waals surface area contributed by atoms with E-state index in [9.17, 15) is 8.42 Å². The largest absolute Gasteiger partial charge is 0.497 e. The van der Waals surface area contributed by atoms with Crippen LogP contribution < -0.4 is 4.74 Å². The van der Waals surface area contributed by atoms with Gasteiger partial charge in [0.1, 0.15) is 5.75 Å². The number of aromatic nitrogens is 4. The third-order valence-electron chi connectivity index (χ3n) is 3.34. The number of rotatable bonds is 5. The first-order valence-electron chi connectivity index (χ1n) is 6.90. The van der Waals surface area contributed by atoms with Gasteiger partial charge in [-0.05, 0) is 46.3 Å². The molecule has 0 fully saturated rings. The Labute approximate surface area is 143 Å². The molecule has 7 nitrogen and oxygen atoms in total. The Bertz CT molecular complexity index is 955. The number of ether oxygens (including phenoxy) is 1. The van der Waals surface area contributed by atoms with E-state index in [2.05, 4.69) is 15.5 Å².